The van der Waals surface area contributed by atoms with Crippen molar-refractivity contribution < 1.29 is 4.79 Å². The molecule has 0 aromatic carbocycles. The van der Waals surface area contributed by atoms with Crippen molar-refractivity contribution >= 4 is 27.5 Å². The molecule has 6 heteroatoms. The molecule has 0 spiro atoms. The summed E-state index contributed by atoms with van der Waals surface area (Å²) < 4.78 is 1.58. The van der Waals surface area contributed by atoms with E-state index in [4.69, 9.17) is 0 Å². The molecule has 1 atom stereocenters. The van der Waals surface area contributed by atoms with E-state index in [1.54, 1.807) is 22.2 Å². The molecule has 124 valence electrons. The average molecular weight is 333 g/mol. The lowest BCUT2D eigenvalue weighted by Gasteiger charge is -2.31. The normalized spacial score (nSPS) is 18.6. The number of amides is 1. The number of fused-ring (bicyclic) bond motifs is 1. The van der Waals surface area contributed by atoms with Gasteiger partial charge in [0.2, 0.25) is 5.91 Å². The van der Waals surface area contributed by atoms with Gasteiger partial charge < -0.3 is 4.90 Å². The number of hydrogen-bond acceptors (Lipinski definition) is 4. The Labute approximate surface area is 139 Å². The molecule has 0 bridgehead atoms. The summed E-state index contributed by atoms with van der Waals surface area (Å²) in [7, 11) is 0. The minimum atomic E-state index is -0.0309. The third-order valence-corrected chi connectivity index (χ3v) is 5.85. The second-order valence-corrected chi connectivity index (χ2v) is 7.75. The van der Waals surface area contributed by atoms with E-state index in [0.29, 0.717) is 24.3 Å². The van der Waals surface area contributed by atoms with Crippen molar-refractivity contribution in [3.63, 3.8) is 0 Å². The van der Waals surface area contributed by atoms with Crippen LogP contribution in [0.4, 0.5) is 0 Å². The molecule has 23 heavy (non-hydrogen) atoms. The molecule has 1 unspecified atom stereocenters. The molecule has 1 saturated heterocycles. The van der Waals surface area contributed by atoms with Crippen LogP contribution in [0.5, 0.6) is 0 Å². The van der Waals surface area contributed by atoms with Crippen LogP contribution in [0, 0.1) is 19.8 Å². The topological polar surface area (TPSA) is 55.2 Å². The first-order valence-corrected chi connectivity index (χ1v) is 9.02. The maximum absolute atomic E-state index is 12.6. The number of aromatic nitrogens is 2. The van der Waals surface area contributed by atoms with Crippen LogP contribution in [-0.4, -0.2) is 33.4 Å². The van der Waals surface area contributed by atoms with Crippen LogP contribution in [0.15, 0.2) is 11.1 Å². The zero-order valence-corrected chi connectivity index (χ0v) is 14.8. The highest BCUT2D eigenvalue weighted by atomic mass is 32.1. The molecule has 0 saturated carbocycles. The van der Waals surface area contributed by atoms with Gasteiger partial charge in [0.25, 0.3) is 5.56 Å². The molecule has 0 radical (unpaired) electrons. The summed E-state index contributed by atoms with van der Waals surface area (Å²) >= 11 is 1.55. The quantitative estimate of drug-likeness (QED) is 0.868. The first kappa shape index (κ1) is 16.2. The van der Waals surface area contributed by atoms with Gasteiger partial charge in [-0.15, -0.1) is 11.3 Å². The highest BCUT2D eigenvalue weighted by Crippen LogP contribution is 2.25. The van der Waals surface area contributed by atoms with Gasteiger partial charge in [0, 0.05) is 30.9 Å². The van der Waals surface area contributed by atoms with E-state index in [0.717, 1.165) is 34.8 Å². The fourth-order valence-corrected chi connectivity index (χ4v) is 4.21. The number of piperidine rings is 1. The highest BCUT2D eigenvalue weighted by molar-refractivity contribution is 7.18. The summed E-state index contributed by atoms with van der Waals surface area (Å²) in [6.07, 6.45) is 4.21. The Bertz CT molecular complexity index is 793. The van der Waals surface area contributed by atoms with Crippen LogP contribution in [0.2, 0.25) is 0 Å². The van der Waals surface area contributed by atoms with E-state index >= 15 is 0 Å². The van der Waals surface area contributed by atoms with Gasteiger partial charge in [-0.3, -0.25) is 14.2 Å². The fourth-order valence-electron chi connectivity index (χ4n) is 3.22. The van der Waals surface area contributed by atoms with E-state index in [2.05, 4.69) is 11.9 Å². The molecular formula is C17H23N3O2S. The maximum atomic E-state index is 12.6. The number of carbonyl (C=O) groups is 1. The summed E-state index contributed by atoms with van der Waals surface area (Å²) in [6.45, 7) is 8.24. The Kier molecular flexibility index (Phi) is 4.53. The fraction of sp³-hybridized carbons (Fsp3) is 0.588. The molecule has 1 aliphatic heterocycles. The number of thiophene rings is 1. The number of likely N-dealkylation sites (tertiary alicyclic amines) is 1. The van der Waals surface area contributed by atoms with E-state index in [1.807, 2.05) is 18.7 Å². The van der Waals surface area contributed by atoms with Crippen molar-refractivity contribution in [1.29, 1.82) is 0 Å². The van der Waals surface area contributed by atoms with Crippen molar-refractivity contribution in [3.8, 4) is 0 Å². The minimum absolute atomic E-state index is 0.0309. The molecule has 2 aromatic rings. The average Bonchev–Trinajstić information content (AvgIpc) is 2.82. The number of hydrogen-bond donors (Lipinski definition) is 0. The number of rotatable bonds is 3. The van der Waals surface area contributed by atoms with E-state index in [1.165, 1.54) is 6.42 Å². The van der Waals surface area contributed by atoms with Crippen molar-refractivity contribution in [1.82, 2.24) is 14.5 Å². The molecule has 2 aromatic heterocycles. The predicted octanol–water partition coefficient (Wildman–Crippen LogP) is 2.72. The van der Waals surface area contributed by atoms with Gasteiger partial charge in [-0.1, -0.05) is 6.92 Å². The summed E-state index contributed by atoms with van der Waals surface area (Å²) in [5.41, 5.74) is 0.977. The lowest BCUT2D eigenvalue weighted by molar-refractivity contribution is -0.133. The van der Waals surface area contributed by atoms with Crippen molar-refractivity contribution in [2.45, 2.75) is 46.6 Å². The van der Waals surface area contributed by atoms with Crippen LogP contribution in [-0.2, 0) is 11.3 Å². The van der Waals surface area contributed by atoms with Crippen molar-refractivity contribution in [2.75, 3.05) is 13.1 Å². The molecule has 0 N–H and O–H groups in total. The molecule has 3 heterocycles. The number of nitrogens with zero attached hydrogens (tertiary/aromatic N) is 3. The molecule has 1 fully saturated rings. The van der Waals surface area contributed by atoms with Gasteiger partial charge in [0.05, 0.1) is 11.7 Å². The lowest BCUT2D eigenvalue weighted by atomic mass is 10.00. The van der Waals surface area contributed by atoms with Crippen LogP contribution in [0.1, 0.15) is 36.6 Å². The Morgan fingerprint density at radius 1 is 1.43 bits per heavy atom. The van der Waals surface area contributed by atoms with Crippen molar-refractivity contribution in [2.24, 2.45) is 5.92 Å². The third kappa shape index (κ3) is 3.17. The first-order valence-electron chi connectivity index (χ1n) is 8.20. The number of aryl methyl sites for hydroxylation is 3. The lowest BCUT2D eigenvalue weighted by Crippen LogP contribution is -2.39. The monoisotopic (exact) mass is 333 g/mol. The third-order valence-electron chi connectivity index (χ3n) is 4.73. The van der Waals surface area contributed by atoms with Crippen molar-refractivity contribution in [3.05, 3.63) is 27.1 Å². The van der Waals surface area contributed by atoms with E-state index < -0.39 is 0 Å². The van der Waals surface area contributed by atoms with E-state index in [9.17, 15) is 9.59 Å². The maximum Gasteiger partial charge on any atom is 0.262 e. The zero-order chi connectivity index (χ0) is 16.6. The van der Waals surface area contributed by atoms with Crippen LogP contribution in [0.3, 0.4) is 0 Å². The van der Waals surface area contributed by atoms with Crippen LogP contribution >= 0.6 is 11.3 Å². The van der Waals surface area contributed by atoms with Gasteiger partial charge in [0.15, 0.2) is 0 Å². The standard InChI is InChI=1S/C17H23N3O2S/c1-11-5-4-7-19(9-11)14(21)6-8-20-10-18-16-15(17(20)22)12(2)13(3)23-16/h10-11H,4-9H2,1-3H3. The largest absolute Gasteiger partial charge is 0.342 e. The van der Waals surface area contributed by atoms with Crippen LogP contribution < -0.4 is 5.56 Å². The van der Waals surface area contributed by atoms with Gasteiger partial charge >= 0.3 is 0 Å². The smallest absolute Gasteiger partial charge is 0.262 e. The number of carbonyl (C=O) groups excluding carboxylic acids is 1. The highest BCUT2D eigenvalue weighted by Gasteiger charge is 2.21. The molecule has 5 nitrogen and oxygen atoms in total. The Hall–Kier alpha value is -1.69. The van der Waals surface area contributed by atoms with Gasteiger partial charge in [-0.2, -0.15) is 0 Å². The summed E-state index contributed by atoms with van der Waals surface area (Å²) in [6, 6.07) is 0. The molecule has 1 aliphatic rings. The Morgan fingerprint density at radius 2 is 2.22 bits per heavy atom. The zero-order valence-electron chi connectivity index (χ0n) is 14.0. The van der Waals surface area contributed by atoms with E-state index in [-0.39, 0.29) is 11.5 Å². The minimum Gasteiger partial charge on any atom is -0.342 e. The summed E-state index contributed by atoms with van der Waals surface area (Å²) in [5, 5.41) is 0.703. The van der Waals surface area contributed by atoms with Gasteiger partial charge in [0.1, 0.15) is 4.83 Å². The second-order valence-electron chi connectivity index (χ2n) is 6.54. The Balaban J connectivity index is 1.74. The van der Waals surface area contributed by atoms with Crippen LogP contribution in [0.25, 0.3) is 10.2 Å². The molecule has 1 amide bonds. The second kappa shape index (κ2) is 6.43. The first-order chi connectivity index (χ1) is 11.0. The summed E-state index contributed by atoms with van der Waals surface area (Å²) in [4.78, 5) is 33.2. The summed E-state index contributed by atoms with van der Waals surface area (Å²) in [5.74, 6) is 0.714. The predicted molar refractivity (Wildman–Crippen MR) is 92.9 cm³/mol. The SMILES string of the molecule is Cc1sc2ncn(CCC(=O)N3CCCC(C)C3)c(=O)c2c1C. The van der Waals surface area contributed by atoms with Gasteiger partial charge in [-0.05, 0) is 38.2 Å². The molecule has 3 rings (SSSR count). The molecular weight excluding hydrogens is 310 g/mol. The molecule has 0 aliphatic carbocycles. The Morgan fingerprint density at radius 3 is 2.96 bits per heavy atom. The van der Waals surface area contributed by atoms with Gasteiger partial charge in [-0.25, -0.2) is 4.98 Å².